The number of sulfone groups is 1. The first kappa shape index (κ1) is 13.9. The van der Waals surface area contributed by atoms with Crippen molar-refractivity contribution in [3.63, 3.8) is 0 Å². The summed E-state index contributed by atoms with van der Waals surface area (Å²) in [5.41, 5.74) is 7.00. The Hall–Kier alpha value is -0.520. The summed E-state index contributed by atoms with van der Waals surface area (Å²) >= 11 is 1.68. The summed E-state index contributed by atoms with van der Waals surface area (Å²) in [4.78, 5) is 1.22. The summed E-state index contributed by atoms with van der Waals surface area (Å²) in [6, 6.07) is 7.90. The second-order valence-corrected chi connectivity index (χ2v) is 8.29. The van der Waals surface area contributed by atoms with Crippen LogP contribution in [0, 0.1) is 0 Å². The second kappa shape index (κ2) is 5.63. The molecule has 0 bridgehead atoms. The zero-order chi connectivity index (χ0) is 13.2. The third-order valence-corrected chi connectivity index (χ3v) is 6.52. The summed E-state index contributed by atoms with van der Waals surface area (Å²) in [6.45, 7) is 1.92. The van der Waals surface area contributed by atoms with Crippen LogP contribution in [0.2, 0.25) is 0 Å². The van der Waals surface area contributed by atoms with Crippen LogP contribution in [0.5, 0.6) is 0 Å². The smallest absolute Gasteiger partial charge is 0.152 e. The molecule has 0 aromatic heterocycles. The fourth-order valence-corrected chi connectivity index (χ4v) is 5.83. The lowest BCUT2D eigenvalue weighted by molar-refractivity contribution is 0.582. The van der Waals surface area contributed by atoms with Crippen LogP contribution in [0.15, 0.2) is 29.2 Å². The molecule has 2 N–H and O–H groups in total. The van der Waals surface area contributed by atoms with Gasteiger partial charge in [-0.05, 0) is 24.5 Å². The van der Waals surface area contributed by atoms with Gasteiger partial charge in [-0.3, -0.25) is 0 Å². The number of hydrogen-bond acceptors (Lipinski definition) is 4. The molecule has 0 saturated carbocycles. The number of hydrogen-bond donors (Lipinski definition) is 1. The number of rotatable bonds is 5. The summed E-state index contributed by atoms with van der Waals surface area (Å²) in [7, 11) is -3.04. The predicted octanol–water partition coefficient (Wildman–Crippen LogP) is 1.86. The first-order valence-corrected chi connectivity index (χ1v) is 8.91. The van der Waals surface area contributed by atoms with Gasteiger partial charge in [-0.1, -0.05) is 25.1 Å². The summed E-state index contributed by atoms with van der Waals surface area (Å²) in [6.07, 6.45) is 1.55. The number of fused-ring (bicyclic) bond motifs is 1. The number of thioether (sulfide) groups is 1. The van der Waals surface area contributed by atoms with Crippen molar-refractivity contribution in [1.29, 1.82) is 0 Å². The Balaban J connectivity index is 1.97. The van der Waals surface area contributed by atoms with Crippen LogP contribution in [0.3, 0.4) is 0 Å². The molecule has 1 aliphatic heterocycles. The van der Waals surface area contributed by atoms with E-state index in [0.29, 0.717) is 6.42 Å². The van der Waals surface area contributed by atoms with Crippen LogP contribution in [0.1, 0.15) is 18.9 Å². The molecular formula is C13H19NO2S2. The first-order chi connectivity index (χ1) is 8.50. The maximum Gasteiger partial charge on any atom is 0.152 e. The maximum atomic E-state index is 12.0. The van der Waals surface area contributed by atoms with Gasteiger partial charge in [0.05, 0.1) is 11.5 Å². The Bertz CT molecular complexity index is 488. The number of benzene rings is 1. The lowest BCUT2D eigenvalue weighted by atomic mass is 10.1. The van der Waals surface area contributed by atoms with Gasteiger partial charge in [0, 0.05) is 16.2 Å². The minimum atomic E-state index is -3.04. The van der Waals surface area contributed by atoms with E-state index < -0.39 is 9.84 Å². The summed E-state index contributed by atoms with van der Waals surface area (Å²) in [5, 5.41) is 0.149. The van der Waals surface area contributed by atoms with E-state index in [2.05, 4.69) is 12.1 Å². The topological polar surface area (TPSA) is 60.2 Å². The highest BCUT2D eigenvalue weighted by Crippen LogP contribution is 2.37. The van der Waals surface area contributed by atoms with E-state index >= 15 is 0 Å². The standard InChI is InChI=1S/C13H19NO2S2/c1-2-11(14)8-18(15,16)9-12-7-10-5-3-4-6-13(10)17-12/h3-6,11-12H,2,7-9,14H2,1H3. The van der Waals surface area contributed by atoms with Crippen molar-refractivity contribution in [3.8, 4) is 0 Å². The van der Waals surface area contributed by atoms with E-state index in [1.54, 1.807) is 11.8 Å². The molecule has 2 atom stereocenters. The van der Waals surface area contributed by atoms with Crippen molar-refractivity contribution in [2.45, 2.75) is 36.0 Å². The molecule has 0 spiro atoms. The average Bonchev–Trinajstić information content (AvgIpc) is 2.68. The fourth-order valence-electron chi connectivity index (χ4n) is 2.14. The van der Waals surface area contributed by atoms with Crippen LogP contribution >= 0.6 is 11.8 Å². The van der Waals surface area contributed by atoms with Crippen LogP contribution in [0.4, 0.5) is 0 Å². The molecule has 2 unspecified atom stereocenters. The maximum absolute atomic E-state index is 12.0. The van der Waals surface area contributed by atoms with Crippen molar-refractivity contribution in [2.75, 3.05) is 11.5 Å². The Labute approximate surface area is 113 Å². The van der Waals surface area contributed by atoms with Crippen molar-refractivity contribution >= 4 is 21.6 Å². The van der Waals surface area contributed by atoms with Gasteiger partial charge in [-0.2, -0.15) is 0 Å². The normalized spacial score (nSPS) is 20.7. The molecule has 5 heteroatoms. The molecule has 2 rings (SSSR count). The molecule has 0 fully saturated rings. The van der Waals surface area contributed by atoms with Gasteiger partial charge >= 0.3 is 0 Å². The van der Waals surface area contributed by atoms with Gasteiger partial charge in [0.1, 0.15) is 0 Å². The van der Waals surface area contributed by atoms with Gasteiger partial charge in [0.15, 0.2) is 9.84 Å². The third kappa shape index (κ3) is 3.49. The van der Waals surface area contributed by atoms with Crippen molar-refractivity contribution < 1.29 is 8.42 Å². The zero-order valence-electron chi connectivity index (χ0n) is 10.5. The highest BCUT2D eigenvalue weighted by molar-refractivity contribution is 8.01. The quantitative estimate of drug-likeness (QED) is 0.897. The fraction of sp³-hybridized carbons (Fsp3) is 0.538. The Morgan fingerprint density at radius 1 is 1.44 bits per heavy atom. The summed E-state index contributed by atoms with van der Waals surface area (Å²) in [5.74, 6) is 0.344. The van der Waals surface area contributed by atoms with E-state index in [-0.39, 0.29) is 22.8 Å². The molecule has 1 aromatic rings. The highest BCUT2D eigenvalue weighted by Gasteiger charge is 2.27. The number of nitrogens with two attached hydrogens (primary N) is 1. The molecule has 1 heterocycles. The highest BCUT2D eigenvalue weighted by atomic mass is 32.2. The van der Waals surface area contributed by atoms with E-state index in [4.69, 9.17) is 5.73 Å². The molecule has 0 radical (unpaired) electrons. The predicted molar refractivity (Wildman–Crippen MR) is 76.7 cm³/mol. The van der Waals surface area contributed by atoms with E-state index in [1.807, 2.05) is 19.1 Å². The third-order valence-electron chi connectivity index (χ3n) is 3.15. The molecule has 1 aliphatic rings. The molecule has 1 aromatic carbocycles. The Morgan fingerprint density at radius 3 is 2.83 bits per heavy atom. The molecule has 0 aliphatic carbocycles. The first-order valence-electron chi connectivity index (χ1n) is 6.20. The zero-order valence-corrected chi connectivity index (χ0v) is 12.1. The van der Waals surface area contributed by atoms with E-state index in [1.165, 1.54) is 10.5 Å². The van der Waals surface area contributed by atoms with Gasteiger partial charge in [0.2, 0.25) is 0 Å². The largest absolute Gasteiger partial charge is 0.327 e. The van der Waals surface area contributed by atoms with Crippen LogP contribution in [0.25, 0.3) is 0 Å². The minimum Gasteiger partial charge on any atom is -0.327 e. The van der Waals surface area contributed by atoms with Gasteiger partial charge in [-0.15, -0.1) is 11.8 Å². The van der Waals surface area contributed by atoms with Crippen molar-refractivity contribution in [2.24, 2.45) is 5.73 Å². The van der Waals surface area contributed by atoms with E-state index in [9.17, 15) is 8.42 Å². The average molecular weight is 285 g/mol. The molecule has 0 amide bonds. The monoisotopic (exact) mass is 285 g/mol. The lowest BCUT2D eigenvalue weighted by Crippen LogP contribution is -2.32. The van der Waals surface area contributed by atoms with Gasteiger partial charge < -0.3 is 5.73 Å². The second-order valence-electron chi connectivity index (χ2n) is 4.80. The molecule has 3 nitrogen and oxygen atoms in total. The van der Waals surface area contributed by atoms with Crippen molar-refractivity contribution in [3.05, 3.63) is 29.8 Å². The van der Waals surface area contributed by atoms with Gasteiger partial charge in [0.25, 0.3) is 0 Å². The van der Waals surface area contributed by atoms with Crippen LogP contribution < -0.4 is 5.73 Å². The van der Waals surface area contributed by atoms with Crippen LogP contribution in [-0.2, 0) is 16.3 Å². The molecule has 18 heavy (non-hydrogen) atoms. The van der Waals surface area contributed by atoms with E-state index in [0.717, 1.165) is 6.42 Å². The van der Waals surface area contributed by atoms with Gasteiger partial charge in [-0.25, -0.2) is 8.42 Å². The van der Waals surface area contributed by atoms with Crippen molar-refractivity contribution in [1.82, 2.24) is 0 Å². The SMILES string of the molecule is CCC(N)CS(=O)(=O)CC1Cc2ccccc2S1. The Morgan fingerprint density at radius 2 is 2.17 bits per heavy atom. The lowest BCUT2D eigenvalue weighted by Gasteiger charge is -2.12. The minimum absolute atomic E-state index is 0.108. The Kier molecular flexibility index (Phi) is 4.35. The van der Waals surface area contributed by atoms with Crippen LogP contribution in [-0.4, -0.2) is 31.2 Å². The summed E-state index contributed by atoms with van der Waals surface area (Å²) < 4.78 is 24.0. The molecular weight excluding hydrogens is 266 g/mol. The molecule has 100 valence electrons. The molecule has 0 saturated heterocycles.